The van der Waals surface area contributed by atoms with Crippen LogP contribution in [0.2, 0.25) is 5.02 Å². The third-order valence-corrected chi connectivity index (χ3v) is 6.59. The van der Waals surface area contributed by atoms with Crippen LogP contribution in [0.25, 0.3) is 0 Å². The molecule has 0 N–H and O–H groups in total. The Labute approximate surface area is 204 Å². The van der Waals surface area contributed by atoms with Crippen LogP contribution in [0, 0.1) is 11.7 Å². The maximum Gasteiger partial charge on any atom is 0.410 e. The Morgan fingerprint density at radius 1 is 1.30 bits per heavy atom. The Morgan fingerprint density at radius 3 is 2.42 bits per heavy atom. The molecule has 184 valence electrons. The second kappa shape index (κ2) is 11.1. The topological polar surface area (TPSA) is 74.2 Å². The average Bonchev–Trinajstić information content (AvgIpc) is 2.70. The van der Waals surface area contributed by atoms with Crippen LogP contribution in [-0.2, 0) is 16.1 Å². The summed E-state index contributed by atoms with van der Waals surface area (Å²) in [4.78, 5) is 14.1. The molecule has 1 aliphatic heterocycles. The van der Waals surface area contributed by atoms with Crippen LogP contribution in [0.3, 0.4) is 0 Å². The van der Waals surface area contributed by atoms with Gasteiger partial charge in [-0.1, -0.05) is 28.7 Å². The van der Waals surface area contributed by atoms with Gasteiger partial charge in [0.25, 0.3) is 0 Å². The van der Waals surface area contributed by atoms with E-state index in [9.17, 15) is 13.7 Å². The van der Waals surface area contributed by atoms with Crippen molar-refractivity contribution in [1.82, 2.24) is 4.90 Å². The van der Waals surface area contributed by atoms with Crippen LogP contribution in [-0.4, -0.2) is 51.3 Å². The Hall–Kier alpha value is -1.77. The quantitative estimate of drug-likeness (QED) is 0.275. The highest BCUT2D eigenvalue weighted by Crippen LogP contribution is 2.33. The van der Waals surface area contributed by atoms with E-state index < -0.39 is 27.5 Å². The predicted octanol–water partition coefficient (Wildman–Crippen LogP) is 5.94. The molecular weight excluding hydrogens is 467 g/mol. The first-order valence-electron chi connectivity index (χ1n) is 10.9. The van der Waals surface area contributed by atoms with Crippen molar-refractivity contribution in [2.45, 2.75) is 64.7 Å². The highest BCUT2D eigenvalue weighted by molar-refractivity contribution is 7.91. The molecule has 33 heavy (non-hydrogen) atoms. The molecule has 1 fully saturated rings. The summed E-state index contributed by atoms with van der Waals surface area (Å²) in [5.41, 5.74) is 0.455. The van der Waals surface area contributed by atoms with E-state index in [-0.39, 0.29) is 29.4 Å². The second-order valence-corrected chi connectivity index (χ2v) is 12.3. The van der Waals surface area contributed by atoms with E-state index in [1.54, 1.807) is 11.0 Å². The minimum atomic E-state index is -1.56. The van der Waals surface area contributed by atoms with Crippen LogP contribution in [0.5, 0.6) is 5.75 Å². The molecule has 1 aromatic rings. The molecule has 0 unspecified atom stereocenters. The van der Waals surface area contributed by atoms with Gasteiger partial charge in [-0.2, -0.15) is 0 Å². The van der Waals surface area contributed by atoms with Crippen LogP contribution in [0.15, 0.2) is 29.2 Å². The monoisotopic (exact) mass is 500 g/mol. The van der Waals surface area contributed by atoms with E-state index in [0.29, 0.717) is 37.2 Å². The van der Waals surface area contributed by atoms with Crippen molar-refractivity contribution >= 4 is 34.8 Å². The first kappa shape index (κ1) is 27.5. The highest BCUT2D eigenvalue weighted by Gasteiger charge is 2.34. The number of piperidine rings is 1. The standard InChI is InChI=1S/C24H34ClFN2O4S/c1-8-13-31-20-15-19(26)18(25)14-17(20)21(27-33(30)24(5,6)7)16-9-11-28(12-10-16)22(29)32-23(2,3)4/h8,14-16H,1,9-13H2,2-7H3/t33-/m0/s1. The van der Waals surface area contributed by atoms with Crippen molar-refractivity contribution in [2.24, 2.45) is 10.3 Å². The summed E-state index contributed by atoms with van der Waals surface area (Å²) in [6.07, 6.45) is 2.35. The summed E-state index contributed by atoms with van der Waals surface area (Å²) in [5, 5.41) is -0.0728. The fraction of sp³-hybridized carbons (Fsp3) is 0.583. The Kier molecular flexibility index (Phi) is 9.24. The first-order chi connectivity index (χ1) is 15.2. The van der Waals surface area contributed by atoms with Gasteiger partial charge >= 0.3 is 6.09 Å². The molecular formula is C24H34ClFN2O4S. The van der Waals surface area contributed by atoms with E-state index >= 15 is 0 Å². The maximum absolute atomic E-state index is 14.2. The van der Waals surface area contributed by atoms with E-state index in [4.69, 9.17) is 21.1 Å². The number of hydrogen-bond acceptors (Lipinski definition) is 5. The summed E-state index contributed by atoms with van der Waals surface area (Å²) >= 11 is 4.55. The number of rotatable bonds is 6. The predicted molar refractivity (Wildman–Crippen MR) is 132 cm³/mol. The van der Waals surface area contributed by atoms with E-state index in [2.05, 4.69) is 11.0 Å². The molecule has 0 aromatic heterocycles. The van der Waals surface area contributed by atoms with Gasteiger partial charge in [0, 0.05) is 30.6 Å². The number of carbonyl (C=O) groups excluding carboxylic acids is 1. The molecule has 0 radical (unpaired) electrons. The Morgan fingerprint density at radius 2 is 1.91 bits per heavy atom. The number of halogens is 2. The summed E-state index contributed by atoms with van der Waals surface area (Å²) in [5.74, 6) is -0.478. The lowest BCUT2D eigenvalue weighted by molar-refractivity contribution is 0.0202. The molecule has 1 heterocycles. The largest absolute Gasteiger partial charge is 0.591 e. The molecule has 0 saturated carbocycles. The summed E-state index contributed by atoms with van der Waals surface area (Å²) in [7, 11) is 0. The number of hydrogen-bond donors (Lipinski definition) is 0. The molecule has 0 aliphatic carbocycles. The van der Waals surface area contributed by atoms with Crippen molar-refractivity contribution in [2.75, 3.05) is 19.7 Å². The molecule has 1 amide bonds. The smallest absolute Gasteiger partial charge is 0.410 e. The van der Waals surface area contributed by atoms with Gasteiger partial charge in [-0.3, -0.25) is 0 Å². The molecule has 6 nitrogen and oxygen atoms in total. The number of carbonyl (C=O) groups is 1. The van der Waals surface area contributed by atoms with E-state index in [0.717, 1.165) is 0 Å². The number of amides is 1. The van der Waals surface area contributed by atoms with Gasteiger partial charge in [0.2, 0.25) is 0 Å². The van der Waals surface area contributed by atoms with Crippen LogP contribution >= 0.6 is 11.6 Å². The molecule has 0 spiro atoms. The van der Waals surface area contributed by atoms with Crippen LogP contribution in [0.4, 0.5) is 9.18 Å². The third kappa shape index (κ3) is 7.90. The van der Waals surface area contributed by atoms with E-state index in [1.807, 2.05) is 41.5 Å². The van der Waals surface area contributed by atoms with E-state index in [1.165, 1.54) is 12.1 Å². The van der Waals surface area contributed by atoms with Gasteiger partial charge in [-0.05, 0) is 60.5 Å². The van der Waals surface area contributed by atoms with Crippen molar-refractivity contribution in [1.29, 1.82) is 0 Å². The highest BCUT2D eigenvalue weighted by atomic mass is 35.5. The summed E-state index contributed by atoms with van der Waals surface area (Å²) in [6.45, 7) is 15.7. The Bertz CT molecular complexity index is 888. The zero-order chi connectivity index (χ0) is 25.0. The second-order valence-electron chi connectivity index (χ2n) is 9.94. The van der Waals surface area contributed by atoms with Gasteiger partial charge in [0.05, 0.1) is 5.02 Å². The third-order valence-electron chi connectivity index (χ3n) is 4.89. The van der Waals surface area contributed by atoms with Gasteiger partial charge in [0.15, 0.2) is 0 Å². The fourth-order valence-corrected chi connectivity index (χ4v) is 4.09. The lowest BCUT2D eigenvalue weighted by Gasteiger charge is -2.34. The molecule has 1 aliphatic rings. The zero-order valence-electron chi connectivity index (χ0n) is 20.2. The molecule has 0 bridgehead atoms. The SMILES string of the molecule is C=CCOc1cc(F)c(Cl)cc1C(=N[S@@+]([O-])C(C)(C)C)C1CCN(C(=O)OC(C)(C)C)CC1. The van der Waals surface area contributed by atoms with Crippen molar-refractivity contribution in [3.8, 4) is 5.75 Å². The lowest BCUT2D eigenvalue weighted by Crippen LogP contribution is -2.43. The van der Waals surface area contributed by atoms with Gasteiger partial charge in [-0.25, -0.2) is 9.18 Å². The van der Waals surface area contributed by atoms with Crippen LogP contribution < -0.4 is 4.74 Å². The fourth-order valence-electron chi connectivity index (χ4n) is 3.23. The summed E-state index contributed by atoms with van der Waals surface area (Å²) in [6, 6.07) is 2.68. The van der Waals surface area contributed by atoms with Crippen molar-refractivity contribution in [3.05, 3.63) is 41.2 Å². The maximum atomic E-state index is 14.2. The molecule has 1 saturated heterocycles. The number of ether oxygens (including phenoxy) is 2. The normalized spacial score (nSPS) is 17.0. The summed E-state index contributed by atoms with van der Waals surface area (Å²) < 4.78 is 42.4. The molecule has 9 heteroatoms. The van der Waals surface area contributed by atoms with Crippen LogP contribution in [0.1, 0.15) is 59.9 Å². The molecule has 1 atom stereocenters. The molecule has 1 aromatic carbocycles. The average molecular weight is 501 g/mol. The first-order valence-corrected chi connectivity index (χ1v) is 12.4. The number of benzene rings is 1. The number of likely N-dealkylation sites (tertiary alicyclic amines) is 1. The Balaban J connectivity index is 2.40. The van der Waals surface area contributed by atoms with Crippen molar-refractivity contribution in [3.63, 3.8) is 0 Å². The number of nitrogens with zero attached hydrogens (tertiary/aromatic N) is 2. The van der Waals surface area contributed by atoms with Gasteiger partial charge < -0.3 is 18.9 Å². The zero-order valence-corrected chi connectivity index (χ0v) is 21.8. The lowest BCUT2D eigenvalue weighted by atomic mass is 9.88. The minimum absolute atomic E-state index is 0.0728. The minimum Gasteiger partial charge on any atom is -0.591 e. The van der Waals surface area contributed by atoms with Crippen molar-refractivity contribution < 1.29 is 23.2 Å². The molecule has 2 rings (SSSR count). The van der Waals surface area contributed by atoms with Gasteiger partial charge in [-0.15, -0.1) is 0 Å². The van der Waals surface area contributed by atoms with Gasteiger partial charge in [0.1, 0.15) is 45.6 Å².